The molecule has 0 spiro atoms. The maximum Gasteiger partial charge on any atom is 0.208 e. The van der Waals surface area contributed by atoms with E-state index in [1.807, 2.05) is 44.2 Å². The molecule has 0 N–H and O–H groups in total. The van der Waals surface area contributed by atoms with Gasteiger partial charge in [0, 0.05) is 13.2 Å². The van der Waals surface area contributed by atoms with Crippen molar-refractivity contribution in [3.63, 3.8) is 0 Å². The number of halogens is 20. The smallest absolute Gasteiger partial charge is 0.208 e. The normalized spacial score (nSPS) is 11.6. The molecule has 0 fully saturated rings. The Balaban J connectivity index is 0.000000264. The number of rotatable bonds is 17. The molecule has 0 heterocycles. The van der Waals surface area contributed by atoms with Crippen molar-refractivity contribution in [3.05, 3.63) is 195 Å². The van der Waals surface area contributed by atoms with Gasteiger partial charge in [0.15, 0.2) is 86.2 Å². The van der Waals surface area contributed by atoms with Crippen molar-refractivity contribution < 1.29 is 107 Å². The Morgan fingerprint density at radius 3 is 0.803 bits per heavy atom. The van der Waals surface area contributed by atoms with E-state index in [4.69, 9.17) is 18.9 Å². The van der Waals surface area contributed by atoms with Crippen LogP contribution in [0.3, 0.4) is 0 Å². The Morgan fingerprint density at radius 2 is 0.539 bits per heavy atom. The van der Waals surface area contributed by atoms with Crippen molar-refractivity contribution in [2.45, 2.75) is 28.5 Å². The van der Waals surface area contributed by atoms with Gasteiger partial charge in [0.05, 0.1) is 13.2 Å². The van der Waals surface area contributed by atoms with E-state index in [0.29, 0.717) is 39.6 Å². The largest absolute Gasteiger partial charge is 0.486 e. The van der Waals surface area contributed by atoms with Crippen molar-refractivity contribution in [2.75, 3.05) is 39.6 Å². The van der Waals surface area contributed by atoms with Gasteiger partial charge in [0.2, 0.25) is 9.79 Å². The lowest BCUT2D eigenvalue weighted by Crippen LogP contribution is -2.81. The van der Waals surface area contributed by atoms with Gasteiger partial charge in [-0.25, -0.2) is 87.8 Å². The minimum absolute atomic E-state index is 0.384. The standard InChI is InChI=1S/C26H31O4S.C24BF20/c1-3-27-18-20-29-23-14-8-10-16-25(23)31(22-12-6-5-7-13-22)26-17-11-9-15-24(26)30-21-19-28-4-2;26-5-1(6(27)14(35)21(42)13(5)34)25(2-7(28)15(36)22(43)16(37)8(2)29,3-9(30)17(38)23(44)18(39)10(3)31)4-11(32)19(40)24(45)20(41)12(4)33/h5-17H,3-4,18-21H2,1-2H3;/q+1;-1. The van der Waals surface area contributed by atoms with Crippen LogP contribution in [0.15, 0.2) is 93.5 Å². The minimum Gasteiger partial charge on any atom is -0.486 e. The molecule has 0 amide bonds. The molecule has 0 unspecified atom stereocenters. The summed E-state index contributed by atoms with van der Waals surface area (Å²) in [6.45, 7) is 7.53. The second kappa shape index (κ2) is 24.4. The van der Waals surface area contributed by atoms with E-state index >= 15 is 35.1 Å². The third kappa shape index (κ3) is 10.5. The van der Waals surface area contributed by atoms with Crippen LogP contribution in [0.1, 0.15) is 13.8 Å². The highest BCUT2D eigenvalue weighted by atomic mass is 32.2. The summed E-state index contributed by atoms with van der Waals surface area (Å²) >= 11 is 0. The van der Waals surface area contributed by atoms with E-state index < -0.39 is 144 Å². The highest BCUT2D eigenvalue weighted by Crippen LogP contribution is 2.41. The molecule has 0 aromatic heterocycles. The molecule has 0 atom stereocenters. The summed E-state index contributed by atoms with van der Waals surface area (Å²) in [7, 11) is -0.384. The van der Waals surface area contributed by atoms with Crippen molar-refractivity contribution in [1.29, 1.82) is 0 Å². The Kier molecular flexibility index (Phi) is 18.7. The van der Waals surface area contributed by atoms with Crippen LogP contribution in [0.25, 0.3) is 0 Å². The Hall–Kier alpha value is -6.93. The third-order valence-corrected chi connectivity index (χ3v) is 13.5. The summed E-state index contributed by atoms with van der Waals surface area (Å²) in [4.78, 5) is 3.47. The average Bonchev–Trinajstić information content (AvgIpc) is 3.42. The number of hydrogen-bond donors (Lipinski definition) is 0. The van der Waals surface area contributed by atoms with Crippen LogP contribution in [0.5, 0.6) is 11.5 Å². The van der Waals surface area contributed by atoms with Gasteiger partial charge in [-0.05, 0) is 50.2 Å². The SMILES string of the molecule is CCOCCOc1ccccc1[S+](c1ccccc1)c1ccccc1OCCOCC.Fc1c(F)c(F)c([B-](c2c(F)c(F)c(F)c(F)c2F)(c2c(F)c(F)c(F)c(F)c2F)c2c(F)c(F)c(F)c(F)c2F)c(F)c1F. The van der Waals surface area contributed by atoms with Crippen LogP contribution >= 0.6 is 0 Å². The van der Waals surface area contributed by atoms with Crippen LogP contribution in [-0.4, -0.2) is 45.8 Å². The fraction of sp³-hybridized carbons (Fsp3) is 0.160. The van der Waals surface area contributed by atoms with Gasteiger partial charge in [-0.1, -0.05) is 42.5 Å². The van der Waals surface area contributed by atoms with E-state index in [1.165, 1.54) is 4.90 Å². The summed E-state index contributed by atoms with van der Waals surface area (Å²) in [6, 6.07) is 27.0. The number of para-hydroxylation sites is 2. The molecule has 0 aliphatic heterocycles. The van der Waals surface area contributed by atoms with Crippen molar-refractivity contribution in [1.82, 2.24) is 0 Å². The fourth-order valence-corrected chi connectivity index (χ4v) is 10.2. The number of hydrogen-bond acceptors (Lipinski definition) is 4. The molecular formula is C50H31BF20O4S. The first-order chi connectivity index (χ1) is 36.0. The molecule has 4 nitrogen and oxygen atoms in total. The molecule has 76 heavy (non-hydrogen) atoms. The van der Waals surface area contributed by atoms with Gasteiger partial charge < -0.3 is 18.9 Å². The van der Waals surface area contributed by atoms with Crippen molar-refractivity contribution in [2.24, 2.45) is 0 Å². The van der Waals surface area contributed by atoms with Crippen molar-refractivity contribution >= 4 is 38.9 Å². The Labute approximate surface area is 419 Å². The molecule has 7 rings (SSSR count). The molecule has 7 aromatic rings. The molecule has 26 heteroatoms. The predicted octanol–water partition coefficient (Wildman–Crippen LogP) is 11.5. The maximum atomic E-state index is 15.4. The van der Waals surface area contributed by atoms with Crippen LogP contribution in [0, 0.1) is 116 Å². The zero-order chi connectivity index (χ0) is 56.1. The van der Waals surface area contributed by atoms with Crippen LogP contribution in [-0.2, 0) is 20.4 Å². The Bertz CT molecular complexity index is 2840. The molecular weight excluding hydrogens is 1090 g/mol. The lowest BCUT2D eigenvalue weighted by atomic mass is 9.12. The van der Waals surface area contributed by atoms with Crippen LogP contribution < -0.4 is 31.3 Å². The van der Waals surface area contributed by atoms with Crippen molar-refractivity contribution in [3.8, 4) is 11.5 Å². The van der Waals surface area contributed by atoms with E-state index in [2.05, 4.69) is 48.5 Å². The molecule has 0 saturated heterocycles. The average molecular weight is 1120 g/mol. The molecule has 0 bridgehead atoms. The monoisotopic (exact) mass is 1120 g/mol. The molecule has 404 valence electrons. The van der Waals surface area contributed by atoms with Crippen LogP contribution in [0.2, 0.25) is 0 Å². The highest BCUT2D eigenvalue weighted by molar-refractivity contribution is 7.97. The van der Waals surface area contributed by atoms with Gasteiger partial charge >= 0.3 is 0 Å². The van der Waals surface area contributed by atoms with Gasteiger partial charge in [-0.3, -0.25) is 0 Å². The molecule has 0 aliphatic rings. The first kappa shape index (κ1) is 58.3. The third-order valence-electron chi connectivity index (χ3n) is 11.2. The lowest BCUT2D eigenvalue weighted by molar-refractivity contribution is 0.109. The zero-order valence-electron chi connectivity index (χ0n) is 38.4. The predicted molar refractivity (Wildman–Crippen MR) is 235 cm³/mol. The quantitative estimate of drug-likeness (QED) is 0.0227. The molecule has 0 aliphatic carbocycles. The number of benzene rings is 7. The molecule has 0 saturated carbocycles. The van der Waals surface area contributed by atoms with Gasteiger partial charge in [-0.2, -0.15) is 0 Å². The first-order valence-corrected chi connectivity index (χ1v) is 22.9. The van der Waals surface area contributed by atoms with Gasteiger partial charge in [-0.15, -0.1) is 21.9 Å². The second-order valence-corrected chi connectivity index (χ2v) is 17.4. The Morgan fingerprint density at radius 1 is 0.303 bits per heavy atom. The van der Waals surface area contributed by atoms with E-state index in [1.54, 1.807) is 0 Å². The van der Waals surface area contributed by atoms with Gasteiger partial charge in [0.25, 0.3) is 0 Å². The summed E-state index contributed by atoms with van der Waals surface area (Å²) < 4.78 is 317. The molecule has 0 radical (unpaired) electrons. The number of ether oxygens (including phenoxy) is 4. The second-order valence-electron chi connectivity index (χ2n) is 15.4. The molecule has 7 aromatic carbocycles. The summed E-state index contributed by atoms with van der Waals surface area (Å²) in [5, 5.41) is 0. The fourth-order valence-electron chi connectivity index (χ4n) is 7.99. The van der Waals surface area contributed by atoms with E-state index in [-0.39, 0.29) is 10.9 Å². The lowest BCUT2D eigenvalue weighted by Gasteiger charge is -2.44. The minimum atomic E-state index is -7.22. The zero-order valence-corrected chi connectivity index (χ0v) is 39.2. The summed E-state index contributed by atoms with van der Waals surface area (Å²) in [5.41, 5.74) is -14.3. The first-order valence-electron chi connectivity index (χ1n) is 21.7. The van der Waals surface area contributed by atoms with E-state index in [9.17, 15) is 52.7 Å². The van der Waals surface area contributed by atoms with E-state index in [0.717, 1.165) is 21.3 Å². The van der Waals surface area contributed by atoms with Crippen LogP contribution in [0.4, 0.5) is 87.8 Å². The maximum absolute atomic E-state index is 15.4. The summed E-state index contributed by atoms with van der Waals surface area (Å²) in [5.74, 6) is -69.7. The summed E-state index contributed by atoms with van der Waals surface area (Å²) in [6.07, 6.45) is -7.22. The highest BCUT2D eigenvalue weighted by Gasteiger charge is 2.52. The topological polar surface area (TPSA) is 36.9 Å². The van der Waals surface area contributed by atoms with Gasteiger partial charge in [0.1, 0.15) is 76.8 Å².